The maximum Gasteiger partial charge on any atom is 0.421 e. The first-order valence-corrected chi connectivity index (χ1v) is 6.53. The van der Waals surface area contributed by atoms with Gasteiger partial charge in [-0.05, 0) is 30.7 Å². The molecule has 2 aromatic rings. The molecule has 3 rings (SSSR count). The van der Waals surface area contributed by atoms with Crippen molar-refractivity contribution in [1.82, 2.24) is 4.98 Å². The third kappa shape index (κ3) is 2.37. The van der Waals surface area contributed by atoms with Gasteiger partial charge in [0.15, 0.2) is 5.60 Å². The Balaban J connectivity index is 1.94. The van der Waals surface area contributed by atoms with Gasteiger partial charge in [-0.3, -0.25) is 0 Å². The minimum atomic E-state index is -4.50. The van der Waals surface area contributed by atoms with Gasteiger partial charge in [0.2, 0.25) is 5.88 Å². The van der Waals surface area contributed by atoms with E-state index in [4.69, 9.17) is 15.2 Å². The number of rotatable bonds is 2. The quantitative estimate of drug-likeness (QED) is 0.917. The highest BCUT2D eigenvalue weighted by molar-refractivity contribution is 5.44. The summed E-state index contributed by atoms with van der Waals surface area (Å²) in [5.41, 5.74) is 4.23. The van der Waals surface area contributed by atoms with Crippen LogP contribution >= 0.6 is 0 Å². The molecule has 1 aromatic carbocycles. The lowest BCUT2D eigenvalue weighted by atomic mass is 9.93. The summed E-state index contributed by atoms with van der Waals surface area (Å²) >= 11 is 0. The fraction of sp³-hybridized carbons (Fsp3) is 0.267. The first-order valence-electron chi connectivity index (χ1n) is 6.53. The molecule has 2 N–H and O–H groups in total. The number of hydrogen-bond donors (Lipinski definition) is 1. The Morgan fingerprint density at radius 2 is 2.05 bits per heavy atom. The fourth-order valence-corrected chi connectivity index (χ4v) is 2.30. The van der Waals surface area contributed by atoms with Crippen molar-refractivity contribution in [3.8, 4) is 11.6 Å². The standard InChI is InChI=1S/C15H13F3N2O2/c1-14(15(16,17)18)12-6-11(4-2-9(12)8-21-14)22-13-5-3-10(19)7-20-13/h2-7H,8,19H2,1H3. The number of halogens is 3. The van der Waals surface area contributed by atoms with Crippen molar-refractivity contribution in [2.75, 3.05) is 5.73 Å². The van der Waals surface area contributed by atoms with Gasteiger partial charge in [-0.25, -0.2) is 4.98 Å². The van der Waals surface area contributed by atoms with Crippen LogP contribution in [0.15, 0.2) is 36.5 Å². The van der Waals surface area contributed by atoms with Crippen molar-refractivity contribution < 1.29 is 22.6 Å². The van der Waals surface area contributed by atoms with E-state index < -0.39 is 11.8 Å². The van der Waals surface area contributed by atoms with Crippen molar-refractivity contribution >= 4 is 5.69 Å². The lowest BCUT2D eigenvalue weighted by Crippen LogP contribution is -2.38. The number of nitrogens with two attached hydrogens (primary N) is 1. The number of benzene rings is 1. The minimum absolute atomic E-state index is 0.0629. The van der Waals surface area contributed by atoms with Gasteiger partial charge in [-0.15, -0.1) is 0 Å². The molecule has 0 bridgehead atoms. The molecule has 1 atom stereocenters. The number of ether oxygens (including phenoxy) is 2. The molecule has 4 nitrogen and oxygen atoms in total. The largest absolute Gasteiger partial charge is 0.439 e. The minimum Gasteiger partial charge on any atom is -0.439 e. The highest BCUT2D eigenvalue weighted by atomic mass is 19.4. The highest BCUT2D eigenvalue weighted by Crippen LogP contribution is 2.48. The van der Waals surface area contributed by atoms with Gasteiger partial charge in [0.1, 0.15) is 5.75 Å². The zero-order valence-electron chi connectivity index (χ0n) is 11.6. The van der Waals surface area contributed by atoms with Gasteiger partial charge in [-0.1, -0.05) is 6.07 Å². The third-order valence-corrected chi connectivity index (χ3v) is 3.63. The summed E-state index contributed by atoms with van der Waals surface area (Å²) in [6.45, 7) is 0.940. The van der Waals surface area contributed by atoms with Crippen LogP contribution in [0.4, 0.5) is 18.9 Å². The Morgan fingerprint density at radius 1 is 1.27 bits per heavy atom. The average molecular weight is 310 g/mol. The Labute approximate surface area is 124 Å². The maximum atomic E-state index is 13.2. The molecule has 22 heavy (non-hydrogen) atoms. The topological polar surface area (TPSA) is 57.4 Å². The number of aromatic nitrogens is 1. The van der Waals surface area contributed by atoms with Crippen LogP contribution in [0.25, 0.3) is 0 Å². The van der Waals surface area contributed by atoms with Crippen LogP contribution < -0.4 is 10.5 Å². The van der Waals surface area contributed by atoms with Crippen LogP contribution in [0.5, 0.6) is 11.6 Å². The molecule has 0 fully saturated rings. The van der Waals surface area contributed by atoms with Gasteiger partial charge in [0.05, 0.1) is 18.5 Å². The Bertz CT molecular complexity index is 701. The van der Waals surface area contributed by atoms with E-state index in [-0.39, 0.29) is 23.8 Å². The van der Waals surface area contributed by atoms with E-state index in [9.17, 15) is 13.2 Å². The SMILES string of the molecule is CC1(C(F)(F)F)OCc2ccc(Oc3ccc(N)cn3)cc21. The zero-order chi connectivity index (χ0) is 16.0. The van der Waals surface area contributed by atoms with E-state index in [0.29, 0.717) is 11.3 Å². The van der Waals surface area contributed by atoms with E-state index >= 15 is 0 Å². The van der Waals surface area contributed by atoms with Gasteiger partial charge in [0, 0.05) is 11.6 Å². The average Bonchev–Trinajstić information content (AvgIpc) is 2.80. The molecule has 7 heteroatoms. The van der Waals surface area contributed by atoms with Crippen molar-refractivity contribution in [3.63, 3.8) is 0 Å². The summed E-state index contributed by atoms with van der Waals surface area (Å²) in [6.07, 6.45) is -3.10. The van der Waals surface area contributed by atoms with Gasteiger partial charge in [0.25, 0.3) is 0 Å². The summed E-state index contributed by atoms with van der Waals surface area (Å²) in [5.74, 6) is 0.513. The van der Waals surface area contributed by atoms with Gasteiger partial charge < -0.3 is 15.2 Å². The van der Waals surface area contributed by atoms with Crippen LogP contribution in [-0.2, 0) is 16.9 Å². The second-order valence-electron chi connectivity index (χ2n) is 5.17. The van der Waals surface area contributed by atoms with E-state index in [1.54, 1.807) is 24.3 Å². The first-order chi connectivity index (χ1) is 10.3. The van der Waals surface area contributed by atoms with E-state index in [2.05, 4.69) is 4.98 Å². The second-order valence-corrected chi connectivity index (χ2v) is 5.17. The normalized spacial score (nSPS) is 20.7. The molecule has 116 valence electrons. The fourth-order valence-electron chi connectivity index (χ4n) is 2.30. The molecular formula is C15H13F3N2O2. The molecular weight excluding hydrogens is 297 g/mol. The summed E-state index contributed by atoms with van der Waals surface area (Å²) in [4.78, 5) is 3.95. The maximum absolute atomic E-state index is 13.2. The number of pyridine rings is 1. The summed E-state index contributed by atoms with van der Waals surface area (Å²) < 4.78 is 50.2. The van der Waals surface area contributed by atoms with Crippen LogP contribution in [-0.4, -0.2) is 11.2 Å². The lowest BCUT2D eigenvalue weighted by molar-refractivity contribution is -0.272. The van der Waals surface area contributed by atoms with Gasteiger partial charge in [-0.2, -0.15) is 13.2 Å². The molecule has 0 aliphatic carbocycles. The predicted octanol–water partition coefficient (Wildman–Crippen LogP) is 3.76. The molecule has 0 radical (unpaired) electrons. The Morgan fingerprint density at radius 3 is 2.68 bits per heavy atom. The number of anilines is 1. The molecule has 0 saturated carbocycles. The number of nitrogen functional groups attached to an aromatic ring is 1. The summed E-state index contributed by atoms with van der Waals surface area (Å²) in [6, 6.07) is 7.63. The van der Waals surface area contributed by atoms with Crippen molar-refractivity contribution in [2.24, 2.45) is 0 Å². The van der Waals surface area contributed by atoms with E-state index in [0.717, 1.165) is 6.92 Å². The molecule has 0 saturated heterocycles. The lowest BCUT2D eigenvalue weighted by Gasteiger charge is -2.27. The first kappa shape index (κ1) is 14.6. The van der Waals surface area contributed by atoms with Crippen LogP contribution in [0.2, 0.25) is 0 Å². The van der Waals surface area contributed by atoms with E-state index in [1.165, 1.54) is 12.3 Å². The van der Waals surface area contributed by atoms with Crippen LogP contribution in [0, 0.1) is 0 Å². The molecule has 0 amide bonds. The smallest absolute Gasteiger partial charge is 0.421 e. The number of nitrogens with zero attached hydrogens (tertiary/aromatic N) is 1. The zero-order valence-corrected chi connectivity index (χ0v) is 11.6. The monoisotopic (exact) mass is 310 g/mol. The third-order valence-electron chi connectivity index (χ3n) is 3.63. The number of fused-ring (bicyclic) bond motifs is 1. The molecule has 2 heterocycles. The van der Waals surface area contributed by atoms with Crippen molar-refractivity contribution in [3.05, 3.63) is 47.7 Å². The summed E-state index contributed by atoms with van der Waals surface area (Å²) in [5, 5.41) is 0. The van der Waals surface area contributed by atoms with Crippen molar-refractivity contribution in [1.29, 1.82) is 0 Å². The molecule has 1 aliphatic rings. The summed E-state index contributed by atoms with van der Waals surface area (Å²) in [7, 11) is 0. The predicted molar refractivity (Wildman–Crippen MR) is 73.4 cm³/mol. The van der Waals surface area contributed by atoms with Gasteiger partial charge >= 0.3 is 6.18 Å². The molecule has 1 unspecified atom stereocenters. The van der Waals surface area contributed by atoms with E-state index in [1.807, 2.05) is 0 Å². The number of alkyl halides is 3. The molecule has 0 spiro atoms. The number of hydrogen-bond acceptors (Lipinski definition) is 4. The Hall–Kier alpha value is -2.28. The van der Waals surface area contributed by atoms with Crippen LogP contribution in [0.1, 0.15) is 18.1 Å². The van der Waals surface area contributed by atoms with Crippen LogP contribution in [0.3, 0.4) is 0 Å². The van der Waals surface area contributed by atoms with Crippen molar-refractivity contribution in [2.45, 2.75) is 25.3 Å². The Kier molecular flexibility index (Phi) is 3.25. The molecule has 1 aromatic heterocycles. The molecule has 1 aliphatic heterocycles. The highest BCUT2D eigenvalue weighted by Gasteiger charge is 2.57. The second kappa shape index (κ2) is 4.88.